The van der Waals surface area contributed by atoms with Crippen molar-refractivity contribution in [2.24, 2.45) is 5.41 Å². The lowest BCUT2D eigenvalue weighted by Crippen LogP contribution is -2.48. The second-order valence-corrected chi connectivity index (χ2v) is 8.45. The van der Waals surface area contributed by atoms with Gasteiger partial charge in [0.25, 0.3) is 0 Å². The number of halogens is 1. The summed E-state index contributed by atoms with van der Waals surface area (Å²) in [6, 6.07) is 7.90. The zero-order valence-corrected chi connectivity index (χ0v) is 15.9. The van der Waals surface area contributed by atoms with E-state index in [1.807, 2.05) is 39.0 Å². The minimum Gasteiger partial charge on any atom is -0.338 e. The molecule has 26 heavy (non-hydrogen) atoms. The third-order valence-corrected chi connectivity index (χ3v) is 6.42. The Bertz CT molecular complexity index is 677. The summed E-state index contributed by atoms with van der Waals surface area (Å²) < 4.78 is 0. The molecule has 1 aromatic carbocycles. The van der Waals surface area contributed by atoms with Crippen molar-refractivity contribution in [3.8, 4) is 0 Å². The highest BCUT2D eigenvalue weighted by atomic mass is 35.5. The van der Waals surface area contributed by atoms with Gasteiger partial charge in [-0.3, -0.25) is 4.79 Å². The molecule has 3 heterocycles. The number of benzene rings is 1. The number of rotatable bonds is 2. The molecule has 0 aromatic heterocycles. The number of carbonyl (C=O) groups is 2. The predicted octanol–water partition coefficient (Wildman–Crippen LogP) is 3.37. The van der Waals surface area contributed by atoms with Crippen LogP contribution in [0.4, 0.5) is 4.79 Å². The molecule has 5 nitrogen and oxygen atoms in total. The third kappa shape index (κ3) is 3.54. The van der Waals surface area contributed by atoms with Gasteiger partial charge in [0.05, 0.1) is 0 Å². The Morgan fingerprint density at radius 3 is 2.27 bits per heavy atom. The van der Waals surface area contributed by atoms with E-state index in [0.717, 1.165) is 64.0 Å². The summed E-state index contributed by atoms with van der Waals surface area (Å²) >= 11 is 5.94. The summed E-state index contributed by atoms with van der Waals surface area (Å²) in [6.07, 6.45) is 4.71. The zero-order valence-electron chi connectivity index (χ0n) is 15.1. The Morgan fingerprint density at radius 1 is 1.00 bits per heavy atom. The highest BCUT2D eigenvalue weighted by Crippen LogP contribution is 2.41. The Labute approximate surface area is 159 Å². The van der Waals surface area contributed by atoms with Crippen molar-refractivity contribution in [1.29, 1.82) is 0 Å². The van der Waals surface area contributed by atoms with E-state index in [1.54, 1.807) is 0 Å². The van der Waals surface area contributed by atoms with Crippen LogP contribution in [0.5, 0.6) is 0 Å². The molecule has 3 fully saturated rings. The largest absolute Gasteiger partial charge is 0.338 e. The summed E-state index contributed by atoms with van der Waals surface area (Å²) in [7, 11) is 0. The maximum Gasteiger partial charge on any atom is 0.319 e. The first-order valence-corrected chi connectivity index (χ1v) is 9.99. The fourth-order valence-corrected chi connectivity index (χ4v) is 4.68. The van der Waals surface area contributed by atoms with Gasteiger partial charge in [0.1, 0.15) is 0 Å². The fourth-order valence-electron chi connectivity index (χ4n) is 4.55. The number of nitrogens with zero attached hydrogens (tertiary/aromatic N) is 3. The van der Waals surface area contributed by atoms with Crippen LogP contribution in [-0.4, -0.2) is 59.4 Å². The molecule has 3 amide bonds. The lowest BCUT2D eigenvalue weighted by molar-refractivity contribution is -0.128. The van der Waals surface area contributed by atoms with Crippen LogP contribution in [0.3, 0.4) is 0 Å². The molecular formula is C20H26ClN3O2. The van der Waals surface area contributed by atoms with Crippen molar-refractivity contribution in [3.63, 3.8) is 0 Å². The molecule has 140 valence electrons. The molecular weight excluding hydrogens is 350 g/mol. The van der Waals surface area contributed by atoms with E-state index in [2.05, 4.69) is 0 Å². The molecule has 0 radical (unpaired) electrons. The van der Waals surface area contributed by atoms with Crippen molar-refractivity contribution in [1.82, 2.24) is 14.7 Å². The minimum atomic E-state index is 0.0469. The van der Waals surface area contributed by atoms with Crippen molar-refractivity contribution in [3.05, 3.63) is 34.9 Å². The number of carbonyl (C=O) groups excluding carboxylic acids is 2. The molecule has 0 N–H and O–H groups in total. The SMILES string of the molecule is O=C1CC2(CCN(C(=O)N3CCCC3)CC2)CN1Cc1ccc(Cl)cc1. The molecule has 4 rings (SSSR count). The van der Waals surface area contributed by atoms with Gasteiger partial charge < -0.3 is 14.7 Å². The molecule has 3 saturated heterocycles. The number of amides is 3. The van der Waals surface area contributed by atoms with Crippen LogP contribution in [0, 0.1) is 5.41 Å². The standard InChI is InChI=1S/C20H26ClN3O2/c21-17-5-3-16(4-6-17)14-24-15-20(13-18(24)25)7-11-23(12-8-20)19(26)22-9-1-2-10-22/h3-6H,1-2,7-15H2. The highest BCUT2D eigenvalue weighted by Gasteiger charge is 2.45. The second kappa shape index (κ2) is 7.10. The van der Waals surface area contributed by atoms with Gasteiger partial charge in [-0.05, 0) is 43.4 Å². The lowest BCUT2D eigenvalue weighted by atomic mass is 9.77. The number of likely N-dealkylation sites (tertiary alicyclic amines) is 3. The molecule has 3 aliphatic heterocycles. The normalized spacial score (nSPS) is 22.5. The number of urea groups is 1. The molecule has 0 bridgehead atoms. The zero-order chi connectivity index (χ0) is 18.1. The smallest absolute Gasteiger partial charge is 0.319 e. The van der Waals surface area contributed by atoms with Crippen LogP contribution < -0.4 is 0 Å². The summed E-state index contributed by atoms with van der Waals surface area (Å²) in [5, 5.41) is 0.716. The molecule has 6 heteroatoms. The summed E-state index contributed by atoms with van der Waals surface area (Å²) in [5.41, 5.74) is 1.16. The number of hydrogen-bond acceptors (Lipinski definition) is 2. The van der Waals surface area contributed by atoms with Crippen LogP contribution in [0.2, 0.25) is 5.02 Å². The van der Waals surface area contributed by atoms with Crippen LogP contribution in [0.15, 0.2) is 24.3 Å². The molecule has 0 atom stereocenters. The Morgan fingerprint density at radius 2 is 1.62 bits per heavy atom. The first-order valence-electron chi connectivity index (χ1n) is 9.61. The molecule has 3 aliphatic rings. The van der Waals surface area contributed by atoms with Crippen molar-refractivity contribution < 1.29 is 9.59 Å². The number of hydrogen-bond donors (Lipinski definition) is 0. The van der Waals surface area contributed by atoms with E-state index in [4.69, 9.17) is 11.6 Å². The molecule has 0 aliphatic carbocycles. The Kier molecular flexibility index (Phi) is 4.82. The van der Waals surface area contributed by atoms with Crippen LogP contribution >= 0.6 is 11.6 Å². The molecule has 1 spiro atoms. The first kappa shape index (κ1) is 17.7. The van der Waals surface area contributed by atoms with Gasteiger partial charge in [0.2, 0.25) is 5.91 Å². The van der Waals surface area contributed by atoms with Crippen LogP contribution in [0.25, 0.3) is 0 Å². The van der Waals surface area contributed by atoms with E-state index in [9.17, 15) is 9.59 Å². The topological polar surface area (TPSA) is 43.9 Å². The van der Waals surface area contributed by atoms with Crippen molar-refractivity contribution in [2.75, 3.05) is 32.7 Å². The summed E-state index contributed by atoms with van der Waals surface area (Å²) in [5.74, 6) is 0.235. The van der Waals surface area contributed by atoms with Gasteiger partial charge in [-0.2, -0.15) is 0 Å². The van der Waals surface area contributed by atoms with Crippen LogP contribution in [-0.2, 0) is 11.3 Å². The molecule has 0 unspecified atom stereocenters. The van der Waals surface area contributed by atoms with E-state index in [-0.39, 0.29) is 17.4 Å². The van der Waals surface area contributed by atoms with Crippen LogP contribution in [0.1, 0.15) is 37.7 Å². The van der Waals surface area contributed by atoms with Gasteiger partial charge >= 0.3 is 6.03 Å². The average molecular weight is 376 g/mol. The van der Waals surface area contributed by atoms with E-state index in [0.29, 0.717) is 18.0 Å². The Balaban J connectivity index is 1.34. The summed E-state index contributed by atoms with van der Waals surface area (Å²) in [4.78, 5) is 31.1. The Hall–Kier alpha value is -1.75. The maximum atomic E-state index is 12.6. The van der Waals surface area contributed by atoms with Gasteiger partial charge in [-0.15, -0.1) is 0 Å². The minimum absolute atomic E-state index is 0.0469. The molecule has 0 saturated carbocycles. The van der Waals surface area contributed by atoms with E-state index >= 15 is 0 Å². The number of piperidine rings is 1. The van der Waals surface area contributed by atoms with Crippen molar-refractivity contribution in [2.45, 2.75) is 38.6 Å². The predicted molar refractivity (Wildman–Crippen MR) is 101 cm³/mol. The van der Waals surface area contributed by atoms with Gasteiger partial charge in [-0.25, -0.2) is 4.79 Å². The van der Waals surface area contributed by atoms with Crippen molar-refractivity contribution >= 4 is 23.5 Å². The second-order valence-electron chi connectivity index (χ2n) is 8.02. The molecule has 1 aromatic rings. The lowest BCUT2D eigenvalue weighted by Gasteiger charge is -2.40. The van der Waals surface area contributed by atoms with Gasteiger partial charge in [0.15, 0.2) is 0 Å². The maximum absolute atomic E-state index is 12.6. The van der Waals surface area contributed by atoms with Gasteiger partial charge in [-0.1, -0.05) is 23.7 Å². The summed E-state index contributed by atoms with van der Waals surface area (Å²) in [6.45, 7) is 4.80. The third-order valence-electron chi connectivity index (χ3n) is 6.16. The van der Waals surface area contributed by atoms with E-state index in [1.165, 1.54) is 0 Å². The van der Waals surface area contributed by atoms with E-state index < -0.39 is 0 Å². The van der Waals surface area contributed by atoms with Gasteiger partial charge in [0, 0.05) is 56.1 Å². The fraction of sp³-hybridized carbons (Fsp3) is 0.600. The monoisotopic (exact) mass is 375 g/mol. The quantitative estimate of drug-likeness (QED) is 0.795. The highest BCUT2D eigenvalue weighted by molar-refractivity contribution is 6.30. The average Bonchev–Trinajstić information content (AvgIpc) is 3.26. The first-order chi connectivity index (χ1) is 12.5.